The van der Waals surface area contributed by atoms with E-state index in [2.05, 4.69) is 18.8 Å². The van der Waals surface area contributed by atoms with Gasteiger partial charge in [-0.15, -0.1) is 0 Å². The first-order valence-electron chi connectivity index (χ1n) is 6.06. The number of aliphatic hydroxyl groups is 1. The summed E-state index contributed by atoms with van der Waals surface area (Å²) in [4.78, 5) is 0. The third-order valence-corrected chi connectivity index (χ3v) is 2.57. The van der Waals surface area contributed by atoms with E-state index in [0.29, 0.717) is 0 Å². The average Bonchev–Trinajstić information content (AvgIpc) is 2.34. The van der Waals surface area contributed by atoms with Crippen molar-refractivity contribution in [1.29, 1.82) is 0 Å². The topological polar surface area (TPSA) is 20.2 Å². The second-order valence-corrected chi connectivity index (χ2v) is 3.93. The Morgan fingerprint density at radius 1 is 1.12 bits per heavy atom. The third kappa shape index (κ3) is 4.51. The highest BCUT2D eigenvalue weighted by Gasteiger charge is 1.95. The van der Waals surface area contributed by atoms with Gasteiger partial charge in [-0.3, -0.25) is 0 Å². The molecule has 86 valence electrons. The largest absolute Gasteiger partial charge is 0.392 e. The SMILES string of the molecule is CCCCCCC#Cc1ccccc1CO. The van der Waals surface area contributed by atoms with Gasteiger partial charge in [0, 0.05) is 12.0 Å². The molecular weight excluding hydrogens is 196 g/mol. The van der Waals surface area contributed by atoms with Crippen molar-refractivity contribution in [3.05, 3.63) is 35.4 Å². The molecule has 0 aliphatic heterocycles. The number of aliphatic hydroxyl groups excluding tert-OH is 1. The maximum atomic E-state index is 9.12. The molecule has 1 rings (SSSR count). The minimum absolute atomic E-state index is 0.0701. The summed E-state index contributed by atoms with van der Waals surface area (Å²) >= 11 is 0. The van der Waals surface area contributed by atoms with E-state index in [1.807, 2.05) is 24.3 Å². The van der Waals surface area contributed by atoms with Crippen molar-refractivity contribution in [3.63, 3.8) is 0 Å². The highest BCUT2D eigenvalue weighted by Crippen LogP contribution is 2.07. The molecule has 0 aromatic heterocycles. The zero-order valence-corrected chi connectivity index (χ0v) is 10.00. The van der Waals surface area contributed by atoms with Crippen LogP contribution in [0, 0.1) is 11.8 Å². The maximum absolute atomic E-state index is 9.12. The molecule has 0 saturated heterocycles. The van der Waals surface area contributed by atoms with Gasteiger partial charge in [0.1, 0.15) is 0 Å². The van der Waals surface area contributed by atoms with Gasteiger partial charge in [-0.25, -0.2) is 0 Å². The normalized spacial score (nSPS) is 9.62. The molecule has 1 nitrogen and oxygen atoms in total. The van der Waals surface area contributed by atoms with Crippen molar-refractivity contribution in [2.75, 3.05) is 0 Å². The quantitative estimate of drug-likeness (QED) is 0.590. The van der Waals surface area contributed by atoms with Gasteiger partial charge in [0.15, 0.2) is 0 Å². The molecule has 0 amide bonds. The smallest absolute Gasteiger partial charge is 0.0694 e. The third-order valence-electron chi connectivity index (χ3n) is 2.57. The predicted octanol–water partition coefficient (Wildman–Crippen LogP) is 3.50. The summed E-state index contributed by atoms with van der Waals surface area (Å²) in [5.74, 6) is 6.31. The monoisotopic (exact) mass is 216 g/mol. The van der Waals surface area contributed by atoms with Crippen molar-refractivity contribution in [2.24, 2.45) is 0 Å². The van der Waals surface area contributed by atoms with Gasteiger partial charge < -0.3 is 5.11 Å². The number of hydrogen-bond acceptors (Lipinski definition) is 1. The van der Waals surface area contributed by atoms with Crippen LogP contribution in [0.1, 0.15) is 50.2 Å². The van der Waals surface area contributed by atoms with Crippen LogP contribution in [-0.4, -0.2) is 5.11 Å². The molecule has 0 aliphatic rings. The van der Waals surface area contributed by atoms with Crippen LogP contribution in [0.4, 0.5) is 0 Å². The lowest BCUT2D eigenvalue weighted by Crippen LogP contribution is -1.87. The Bertz CT molecular complexity index is 357. The van der Waals surface area contributed by atoms with Gasteiger partial charge in [-0.2, -0.15) is 0 Å². The molecule has 1 N–H and O–H groups in total. The van der Waals surface area contributed by atoms with E-state index in [1.165, 1.54) is 25.7 Å². The van der Waals surface area contributed by atoms with Crippen molar-refractivity contribution in [2.45, 2.75) is 45.6 Å². The number of unbranched alkanes of at least 4 members (excludes halogenated alkanes) is 4. The molecule has 16 heavy (non-hydrogen) atoms. The molecular formula is C15H20O. The van der Waals surface area contributed by atoms with Crippen LogP contribution in [0.25, 0.3) is 0 Å². The lowest BCUT2D eigenvalue weighted by molar-refractivity contribution is 0.281. The minimum atomic E-state index is 0.0701. The Morgan fingerprint density at radius 3 is 2.69 bits per heavy atom. The predicted molar refractivity (Wildman–Crippen MR) is 68.0 cm³/mol. The van der Waals surface area contributed by atoms with Crippen LogP contribution in [0.2, 0.25) is 0 Å². The van der Waals surface area contributed by atoms with Crippen molar-refractivity contribution < 1.29 is 5.11 Å². The van der Waals surface area contributed by atoms with E-state index in [4.69, 9.17) is 5.11 Å². The van der Waals surface area contributed by atoms with Crippen LogP contribution in [0.5, 0.6) is 0 Å². The minimum Gasteiger partial charge on any atom is -0.392 e. The van der Waals surface area contributed by atoms with E-state index in [0.717, 1.165) is 17.5 Å². The molecule has 0 fully saturated rings. The molecule has 0 bridgehead atoms. The fourth-order valence-electron chi connectivity index (χ4n) is 1.58. The fourth-order valence-corrected chi connectivity index (χ4v) is 1.58. The summed E-state index contributed by atoms with van der Waals surface area (Å²) in [6.07, 6.45) is 5.98. The average molecular weight is 216 g/mol. The molecule has 0 unspecified atom stereocenters. The second-order valence-electron chi connectivity index (χ2n) is 3.93. The summed E-state index contributed by atoms with van der Waals surface area (Å²) in [7, 11) is 0. The summed E-state index contributed by atoms with van der Waals surface area (Å²) < 4.78 is 0. The maximum Gasteiger partial charge on any atom is 0.0694 e. The van der Waals surface area contributed by atoms with Crippen LogP contribution in [0.15, 0.2) is 24.3 Å². The Hall–Kier alpha value is -1.26. The Balaban J connectivity index is 2.43. The first kappa shape index (κ1) is 12.8. The Kier molecular flexibility index (Phi) is 6.37. The van der Waals surface area contributed by atoms with E-state index in [9.17, 15) is 0 Å². The first-order valence-corrected chi connectivity index (χ1v) is 6.06. The summed E-state index contributed by atoms with van der Waals surface area (Å²) in [5.41, 5.74) is 1.88. The van der Waals surface area contributed by atoms with Gasteiger partial charge >= 0.3 is 0 Å². The lowest BCUT2D eigenvalue weighted by atomic mass is 10.1. The molecule has 0 radical (unpaired) electrons. The lowest BCUT2D eigenvalue weighted by Gasteiger charge is -1.98. The van der Waals surface area contributed by atoms with Crippen molar-refractivity contribution >= 4 is 0 Å². The number of hydrogen-bond donors (Lipinski definition) is 1. The van der Waals surface area contributed by atoms with Crippen molar-refractivity contribution in [3.8, 4) is 11.8 Å². The zero-order valence-electron chi connectivity index (χ0n) is 10.00. The molecule has 0 atom stereocenters. The van der Waals surface area contributed by atoms with E-state index < -0.39 is 0 Å². The number of benzene rings is 1. The van der Waals surface area contributed by atoms with Crippen LogP contribution >= 0.6 is 0 Å². The van der Waals surface area contributed by atoms with Gasteiger partial charge in [-0.05, 0) is 18.1 Å². The molecule has 1 aromatic carbocycles. The molecule has 0 saturated carbocycles. The molecule has 0 spiro atoms. The summed E-state index contributed by atoms with van der Waals surface area (Å²) in [6, 6.07) is 7.77. The molecule has 0 heterocycles. The Morgan fingerprint density at radius 2 is 1.94 bits per heavy atom. The van der Waals surface area contributed by atoms with E-state index in [1.54, 1.807) is 0 Å². The Labute approximate surface area is 98.5 Å². The first-order chi connectivity index (χ1) is 7.88. The van der Waals surface area contributed by atoms with Crippen LogP contribution in [0.3, 0.4) is 0 Å². The van der Waals surface area contributed by atoms with E-state index in [-0.39, 0.29) is 6.61 Å². The van der Waals surface area contributed by atoms with Crippen LogP contribution in [-0.2, 0) is 6.61 Å². The van der Waals surface area contributed by atoms with E-state index >= 15 is 0 Å². The van der Waals surface area contributed by atoms with Gasteiger partial charge in [0.25, 0.3) is 0 Å². The fraction of sp³-hybridized carbons (Fsp3) is 0.467. The van der Waals surface area contributed by atoms with Gasteiger partial charge in [0.2, 0.25) is 0 Å². The van der Waals surface area contributed by atoms with Crippen molar-refractivity contribution in [1.82, 2.24) is 0 Å². The molecule has 1 heteroatoms. The highest BCUT2D eigenvalue weighted by molar-refractivity contribution is 5.40. The summed E-state index contributed by atoms with van der Waals surface area (Å²) in [5, 5.41) is 9.12. The molecule has 0 aliphatic carbocycles. The highest BCUT2D eigenvalue weighted by atomic mass is 16.3. The summed E-state index contributed by atoms with van der Waals surface area (Å²) in [6.45, 7) is 2.28. The standard InChI is InChI=1S/C15H20O/c1-2-3-4-5-6-7-10-14-11-8-9-12-15(14)13-16/h8-9,11-12,16H,2-6,13H2,1H3. The van der Waals surface area contributed by atoms with Crippen LogP contribution < -0.4 is 0 Å². The zero-order chi connectivity index (χ0) is 11.6. The second kappa shape index (κ2) is 7.96. The van der Waals surface area contributed by atoms with Gasteiger partial charge in [-0.1, -0.05) is 56.2 Å². The van der Waals surface area contributed by atoms with Gasteiger partial charge in [0.05, 0.1) is 6.61 Å². The number of rotatable bonds is 5. The molecule has 1 aromatic rings.